The van der Waals surface area contributed by atoms with Crippen molar-refractivity contribution in [2.45, 2.75) is 32.1 Å². The SMILES string of the molecule is CC(C)NCC(O)COc1ccc2c(=O)c(-c3ccccc3)coc2c1.Cl.O=c1c(-c2ccccc2)coc2cc(OCC3CO3)ccc12. The van der Waals surface area contributed by atoms with Crippen molar-refractivity contribution in [1.82, 2.24) is 5.32 Å². The van der Waals surface area contributed by atoms with Gasteiger partial charge in [0, 0.05) is 24.7 Å². The number of aliphatic hydroxyl groups excluding tert-OH is 1. The van der Waals surface area contributed by atoms with Gasteiger partial charge in [0.15, 0.2) is 10.9 Å². The first-order chi connectivity index (χ1) is 23.4. The Kier molecular flexibility index (Phi) is 11.9. The number of nitrogens with one attached hydrogen (secondary N) is 1. The molecule has 9 nitrogen and oxygen atoms in total. The van der Waals surface area contributed by atoms with Crippen molar-refractivity contribution in [3.63, 3.8) is 0 Å². The first kappa shape index (κ1) is 35.4. The highest BCUT2D eigenvalue weighted by Gasteiger charge is 2.23. The van der Waals surface area contributed by atoms with Gasteiger partial charge in [-0.25, -0.2) is 0 Å². The van der Waals surface area contributed by atoms with Gasteiger partial charge in [-0.05, 0) is 35.4 Å². The predicted molar refractivity (Wildman–Crippen MR) is 193 cm³/mol. The molecule has 7 rings (SSSR count). The fourth-order valence-electron chi connectivity index (χ4n) is 5.01. The molecule has 0 saturated carbocycles. The number of fused-ring (bicyclic) bond motifs is 2. The third-order valence-corrected chi connectivity index (χ3v) is 7.70. The third-order valence-electron chi connectivity index (χ3n) is 7.70. The number of epoxide rings is 1. The largest absolute Gasteiger partial charge is 0.491 e. The molecule has 2 aromatic heterocycles. The molecule has 4 aromatic carbocycles. The summed E-state index contributed by atoms with van der Waals surface area (Å²) in [7, 11) is 0. The van der Waals surface area contributed by atoms with Crippen LogP contribution in [0, 0.1) is 0 Å². The zero-order chi connectivity index (χ0) is 33.5. The Bertz CT molecular complexity index is 2090. The highest BCUT2D eigenvalue weighted by Crippen LogP contribution is 2.25. The Morgan fingerprint density at radius 3 is 1.71 bits per heavy atom. The minimum Gasteiger partial charge on any atom is -0.491 e. The summed E-state index contributed by atoms with van der Waals surface area (Å²) in [6.45, 7) is 5.94. The highest BCUT2D eigenvalue weighted by atomic mass is 35.5. The summed E-state index contributed by atoms with van der Waals surface area (Å²) in [5, 5.41) is 14.1. The molecule has 1 aliphatic rings. The van der Waals surface area contributed by atoms with Crippen LogP contribution in [0.5, 0.6) is 11.5 Å². The third kappa shape index (κ3) is 9.16. The van der Waals surface area contributed by atoms with Crippen molar-refractivity contribution < 1.29 is 28.2 Å². The maximum absolute atomic E-state index is 12.7. The van der Waals surface area contributed by atoms with Crippen molar-refractivity contribution >= 4 is 34.3 Å². The smallest absolute Gasteiger partial charge is 0.200 e. The lowest BCUT2D eigenvalue weighted by Crippen LogP contribution is -2.35. The second-order valence-corrected chi connectivity index (χ2v) is 11.8. The zero-order valence-electron chi connectivity index (χ0n) is 27.2. The second kappa shape index (κ2) is 16.5. The summed E-state index contributed by atoms with van der Waals surface area (Å²) in [6.07, 6.45) is 2.57. The maximum Gasteiger partial charge on any atom is 0.200 e. The summed E-state index contributed by atoms with van der Waals surface area (Å²) in [4.78, 5) is 25.3. The van der Waals surface area contributed by atoms with E-state index in [1.807, 2.05) is 74.5 Å². The zero-order valence-corrected chi connectivity index (χ0v) is 28.0. The molecule has 0 radical (unpaired) electrons. The average Bonchev–Trinajstić information content (AvgIpc) is 3.95. The van der Waals surface area contributed by atoms with Crippen LogP contribution in [-0.2, 0) is 4.74 Å². The Morgan fingerprint density at radius 1 is 0.755 bits per heavy atom. The van der Waals surface area contributed by atoms with Crippen LogP contribution in [0.3, 0.4) is 0 Å². The first-order valence-electron chi connectivity index (χ1n) is 15.9. The predicted octanol–water partition coefficient (Wildman–Crippen LogP) is 6.86. The van der Waals surface area contributed by atoms with Gasteiger partial charge >= 0.3 is 0 Å². The van der Waals surface area contributed by atoms with Gasteiger partial charge in [-0.15, -0.1) is 12.4 Å². The molecule has 2 atom stereocenters. The summed E-state index contributed by atoms with van der Waals surface area (Å²) in [5.41, 5.74) is 3.64. The molecular weight excluding hydrogens is 646 g/mol. The van der Waals surface area contributed by atoms with Crippen LogP contribution in [0.2, 0.25) is 0 Å². The highest BCUT2D eigenvalue weighted by molar-refractivity contribution is 5.85. The maximum atomic E-state index is 12.7. The second-order valence-electron chi connectivity index (χ2n) is 11.8. The standard InChI is InChI=1S/C21H23NO4.C18H14O4.ClH/c1-14(2)22-11-16(23)12-25-17-8-9-18-20(10-17)26-13-19(21(18)24)15-6-4-3-5-7-15;19-18-15-7-6-13(20-9-14-10-21-14)8-17(15)22-11-16(18)12-4-2-1-3-5-12;/h3-10,13-14,16,22-23H,11-12H2,1-2H3;1-8,11,14H,9-10H2;1H. The monoisotopic (exact) mass is 683 g/mol. The van der Waals surface area contributed by atoms with Gasteiger partial charge in [0.2, 0.25) is 0 Å². The van der Waals surface area contributed by atoms with Crippen LogP contribution in [0.1, 0.15) is 13.8 Å². The van der Waals surface area contributed by atoms with E-state index in [4.69, 9.17) is 23.0 Å². The molecule has 49 heavy (non-hydrogen) atoms. The molecule has 10 heteroatoms. The van der Waals surface area contributed by atoms with E-state index >= 15 is 0 Å². The van der Waals surface area contributed by atoms with Crippen molar-refractivity contribution in [2.75, 3.05) is 26.4 Å². The summed E-state index contributed by atoms with van der Waals surface area (Å²) in [6, 6.07) is 29.6. The van der Waals surface area contributed by atoms with Crippen LogP contribution < -0.4 is 25.6 Å². The molecule has 0 aliphatic carbocycles. The number of aliphatic hydroxyl groups is 1. The molecule has 1 fully saturated rings. The number of hydrogen-bond donors (Lipinski definition) is 2. The van der Waals surface area contributed by atoms with Crippen molar-refractivity contribution in [1.29, 1.82) is 0 Å². The van der Waals surface area contributed by atoms with Gasteiger partial charge < -0.3 is 33.5 Å². The van der Waals surface area contributed by atoms with Crippen LogP contribution in [0.4, 0.5) is 0 Å². The van der Waals surface area contributed by atoms with Crippen molar-refractivity contribution in [2.24, 2.45) is 0 Å². The van der Waals surface area contributed by atoms with Gasteiger partial charge in [0.1, 0.15) is 60.6 Å². The molecule has 1 saturated heterocycles. The molecule has 0 amide bonds. The lowest BCUT2D eigenvalue weighted by atomic mass is 10.1. The fraction of sp³-hybridized carbons (Fsp3) is 0.231. The topological polar surface area (TPSA) is 124 Å². The van der Waals surface area contributed by atoms with Gasteiger partial charge in [0.05, 0.1) is 28.5 Å². The molecule has 6 aromatic rings. The quantitative estimate of drug-likeness (QED) is 0.141. The van der Waals surface area contributed by atoms with Gasteiger partial charge in [-0.1, -0.05) is 74.5 Å². The van der Waals surface area contributed by atoms with E-state index in [1.54, 1.807) is 36.4 Å². The van der Waals surface area contributed by atoms with Gasteiger partial charge in [0.25, 0.3) is 0 Å². The Labute approximate surface area is 289 Å². The summed E-state index contributed by atoms with van der Waals surface area (Å²) >= 11 is 0. The lowest BCUT2D eigenvalue weighted by Gasteiger charge is -2.15. The number of ether oxygens (including phenoxy) is 3. The first-order valence-corrected chi connectivity index (χ1v) is 15.9. The molecule has 0 spiro atoms. The van der Waals surface area contributed by atoms with E-state index in [9.17, 15) is 14.7 Å². The fourth-order valence-corrected chi connectivity index (χ4v) is 5.01. The van der Waals surface area contributed by atoms with E-state index in [1.165, 1.54) is 12.5 Å². The van der Waals surface area contributed by atoms with E-state index < -0.39 is 6.10 Å². The van der Waals surface area contributed by atoms with Crippen molar-refractivity contribution in [3.8, 4) is 33.8 Å². The van der Waals surface area contributed by atoms with E-state index in [2.05, 4.69) is 5.32 Å². The number of benzene rings is 4. The number of halogens is 1. The molecule has 2 N–H and O–H groups in total. The van der Waals surface area contributed by atoms with Gasteiger partial charge in [-0.3, -0.25) is 9.59 Å². The minimum absolute atomic E-state index is 0. The molecule has 3 heterocycles. The van der Waals surface area contributed by atoms with Crippen LogP contribution in [0.15, 0.2) is 128 Å². The van der Waals surface area contributed by atoms with E-state index in [-0.39, 0.29) is 36.0 Å². The average molecular weight is 684 g/mol. The Hall–Kier alpha value is -4.93. The normalized spacial score (nSPS) is 14.1. The summed E-state index contributed by atoms with van der Waals surface area (Å²) in [5.74, 6) is 1.23. The van der Waals surface area contributed by atoms with Crippen LogP contribution in [0.25, 0.3) is 44.2 Å². The van der Waals surface area contributed by atoms with Crippen LogP contribution in [-0.4, -0.2) is 49.7 Å². The minimum atomic E-state index is -0.611. The Morgan fingerprint density at radius 2 is 1.24 bits per heavy atom. The Balaban J connectivity index is 0.000000189. The van der Waals surface area contributed by atoms with E-state index in [0.717, 1.165) is 17.7 Å². The number of hydrogen-bond acceptors (Lipinski definition) is 9. The molecule has 254 valence electrons. The molecular formula is C39H38ClNO8. The van der Waals surface area contributed by atoms with Crippen molar-refractivity contribution in [3.05, 3.63) is 130 Å². The molecule has 0 bridgehead atoms. The molecule has 2 unspecified atom stereocenters. The van der Waals surface area contributed by atoms with Gasteiger partial charge in [-0.2, -0.15) is 0 Å². The summed E-state index contributed by atoms with van der Waals surface area (Å²) < 4.78 is 27.6. The van der Waals surface area contributed by atoms with Crippen LogP contribution >= 0.6 is 12.4 Å². The molecule has 1 aliphatic heterocycles. The number of rotatable bonds is 11. The lowest BCUT2D eigenvalue weighted by molar-refractivity contribution is 0.104. The van der Waals surface area contributed by atoms with E-state index in [0.29, 0.717) is 63.8 Å².